The lowest BCUT2D eigenvalue weighted by molar-refractivity contribution is 0.0712. The lowest BCUT2D eigenvalue weighted by Crippen LogP contribution is -2.36. The Hall–Kier alpha value is -1.62. The zero-order valence-electron chi connectivity index (χ0n) is 11.7. The van der Waals surface area contributed by atoms with E-state index in [1.807, 2.05) is 34.0 Å². The number of nitrogens with zero attached hydrogens (tertiary/aromatic N) is 3. The third kappa shape index (κ3) is 2.50. The van der Waals surface area contributed by atoms with Gasteiger partial charge in [-0.2, -0.15) is 16.4 Å². The normalized spacial score (nSPS) is 15.6. The van der Waals surface area contributed by atoms with Gasteiger partial charge in [-0.15, -0.1) is 0 Å². The average molecular weight is 289 g/mol. The van der Waals surface area contributed by atoms with E-state index in [9.17, 15) is 4.79 Å². The summed E-state index contributed by atoms with van der Waals surface area (Å²) in [5.41, 5.74) is 2.71. The molecule has 0 radical (unpaired) electrons. The van der Waals surface area contributed by atoms with E-state index in [-0.39, 0.29) is 5.91 Å². The van der Waals surface area contributed by atoms with Crippen LogP contribution in [0.4, 0.5) is 0 Å². The number of piperidine rings is 1. The minimum absolute atomic E-state index is 0.125. The third-order valence-electron chi connectivity index (χ3n) is 3.76. The van der Waals surface area contributed by atoms with Crippen molar-refractivity contribution in [3.63, 3.8) is 0 Å². The van der Waals surface area contributed by atoms with Gasteiger partial charge in [-0.05, 0) is 43.7 Å². The molecule has 5 heteroatoms. The van der Waals surface area contributed by atoms with Crippen LogP contribution in [-0.2, 0) is 6.54 Å². The number of likely N-dealkylation sites (tertiary alicyclic amines) is 1. The second kappa shape index (κ2) is 5.79. The smallest absolute Gasteiger partial charge is 0.272 e. The first-order valence-electron chi connectivity index (χ1n) is 7.19. The van der Waals surface area contributed by atoms with E-state index >= 15 is 0 Å². The summed E-state index contributed by atoms with van der Waals surface area (Å²) < 4.78 is 1.82. The number of hydrogen-bond acceptors (Lipinski definition) is 3. The molecule has 2 aromatic heterocycles. The Balaban J connectivity index is 1.90. The lowest BCUT2D eigenvalue weighted by Gasteiger charge is -2.26. The van der Waals surface area contributed by atoms with Gasteiger partial charge in [0, 0.05) is 30.6 Å². The van der Waals surface area contributed by atoms with Gasteiger partial charge < -0.3 is 4.90 Å². The summed E-state index contributed by atoms with van der Waals surface area (Å²) in [6.07, 6.45) is 3.46. The van der Waals surface area contributed by atoms with Crippen LogP contribution >= 0.6 is 11.3 Å². The fourth-order valence-corrected chi connectivity index (χ4v) is 3.29. The average Bonchev–Trinajstić information content (AvgIpc) is 3.16. The van der Waals surface area contributed by atoms with Gasteiger partial charge >= 0.3 is 0 Å². The van der Waals surface area contributed by atoms with Gasteiger partial charge in [0.15, 0.2) is 0 Å². The molecule has 20 heavy (non-hydrogen) atoms. The highest BCUT2D eigenvalue weighted by Gasteiger charge is 2.22. The van der Waals surface area contributed by atoms with E-state index in [2.05, 4.69) is 10.5 Å². The second-order valence-corrected chi connectivity index (χ2v) is 5.88. The second-order valence-electron chi connectivity index (χ2n) is 5.10. The highest BCUT2D eigenvalue weighted by molar-refractivity contribution is 7.08. The maximum absolute atomic E-state index is 12.6. The molecular weight excluding hydrogens is 270 g/mol. The third-order valence-corrected chi connectivity index (χ3v) is 4.44. The van der Waals surface area contributed by atoms with Crippen molar-refractivity contribution in [3.8, 4) is 11.3 Å². The fraction of sp³-hybridized carbons (Fsp3) is 0.467. The Morgan fingerprint density at radius 2 is 2.15 bits per heavy atom. The number of aromatic nitrogens is 2. The number of amides is 1. The molecule has 0 spiro atoms. The first-order chi connectivity index (χ1) is 9.79. The van der Waals surface area contributed by atoms with Gasteiger partial charge in [0.1, 0.15) is 5.69 Å². The minimum atomic E-state index is 0.125. The molecule has 0 N–H and O–H groups in total. The zero-order chi connectivity index (χ0) is 13.9. The maximum atomic E-state index is 12.6. The number of aryl methyl sites for hydroxylation is 1. The molecule has 0 unspecified atom stereocenters. The predicted octanol–water partition coefficient (Wildman–Crippen LogP) is 3.26. The van der Waals surface area contributed by atoms with Crippen LogP contribution in [0.2, 0.25) is 0 Å². The summed E-state index contributed by atoms with van der Waals surface area (Å²) in [7, 11) is 0. The van der Waals surface area contributed by atoms with Gasteiger partial charge in [0.05, 0.1) is 5.69 Å². The van der Waals surface area contributed by atoms with Gasteiger partial charge in [-0.25, -0.2) is 0 Å². The molecule has 1 amide bonds. The van der Waals surface area contributed by atoms with E-state index in [4.69, 9.17) is 0 Å². The quantitative estimate of drug-likeness (QED) is 0.870. The summed E-state index contributed by atoms with van der Waals surface area (Å²) in [4.78, 5) is 14.6. The largest absolute Gasteiger partial charge is 0.337 e. The van der Waals surface area contributed by atoms with Crippen LogP contribution in [0.3, 0.4) is 0 Å². The van der Waals surface area contributed by atoms with Crippen LogP contribution in [0.1, 0.15) is 36.7 Å². The zero-order valence-corrected chi connectivity index (χ0v) is 12.5. The van der Waals surface area contributed by atoms with Crippen molar-refractivity contribution >= 4 is 17.2 Å². The van der Waals surface area contributed by atoms with E-state index < -0.39 is 0 Å². The first kappa shape index (κ1) is 13.4. The van der Waals surface area contributed by atoms with Crippen LogP contribution in [0.15, 0.2) is 22.9 Å². The summed E-state index contributed by atoms with van der Waals surface area (Å²) in [5.74, 6) is 0.125. The molecule has 0 aromatic carbocycles. The van der Waals surface area contributed by atoms with Gasteiger partial charge in [-0.1, -0.05) is 0 Å². The van der Waals surface area contributed by atoms with Crippen molar-refractivity contribution in [1.29, 1.82) is 0 Å². The van der Waals surface area contributed by atoms with Crippen molar-refractivity contribution in [2.45, 2.75) is 32.7 Å². The van der Waals surface area contributed by atoms with Gasteiger partial charge in [0.2, 0.25) is 0 Å². The molecule has 2 aromatic rings. The van der Waals surface area contributed by atoms with Crippen molar-refractivity contribution < 1.29 is 4.79 Å². The standard InChI is InChI=1S/C15H19N3OS/c1-2-18-14(15(19)17-7-4-3-5-8-17)10-13(16-18)12-6-9-20-11-12/h6,9-11H,2-5,7-8H2,1H3. The fourth-order valence-electron chi connectivity index (χ4n) is 2.64. The van der Waals surface area contributed by atoms with Crippen LogP contribution < -0.4 is 0 Å². The number of hydrogen-bond donors (Lipinski definition) is 0. The van der Waals surface area contributed by atoms with E-state index in [1.165, 1.54) is 6.42 Å². The predicted molar refractivity (Wildman–Crippen MR) is 81.0 cm³/mol. The van der Waals surface area contributed by atoms with Crippen molar-refractivity contribution in [2.24, 2.45) is 0 Å². The monoisotopic (exact) mass is 289 g/mol. The number of carbonyl (C=O) groups is 1. The molecule has 106 valence electrons. The highest BCUT2D eigenvalue weighted by atomic mass is 32.1. The van der Waals surface area contributed by atoms with Crippen LogP contribution in [-0.4, -0.2) is 33.7 Å². The number of thiophene rings is 1. The highest BCUT2D eigenvalue weighted by Crippen LogP contribution is 2.23. The Morgan fingerprint density at radius 3 is 2.80 bits per heavy atom. The molecule has 1 aliphatic rings. The summed E-state index contributed by atoms with van der Waals surface area (Å²) in [5, 5.41) is 8.66. The van der Waals surface area contributed by atoms with Crippen LogP contribution in [0.5, 0.6) is 0 Å². The Labute approximate surface area is 123 Å². The first-order valence-corrected chi connectivity index (χ1v) is 8.13. The lowest BCUT2D eigenvalue weighted by atomic mass is 10.1. The Bertz CT molecular complexity index is 582. The molecule has 3 rings (SSSR count). The maximum Gasteiger partial charge on any atom is 0.272 e. The van der Waals surface area contributed by atoms with E-state index in [0.717, 1.165) is 49.4 Å². The van der Waals surface area contributed by atoms with Crippen molar-refractivity contribution in [2.75, 3.05) is 13.1 Å². The Kier molecular flexibility index (Phi) is 3.87. The summed E-state index contributed by atoms with van der Waals surface area (Å²) in [6, 6.07) is 3.98. The topological polar surface area (TPSA) is 38.1 Å². The summed E-state index contributed by atoms with van der Waals surface area (Å²) >= 11 is 1.65. The molecule has 0 bridgehead atoms. The van der Waals surface area contributed by atoms with Crippen molar-refractivity contribution in [1.82, 2.24) is 14.7 Å². The molecule has 0 saturated carbocycles. The number of rotatable bonds is 3. The number of carbonyl (C=O) groups excluding carboxylic acids is 1. The molecule has 1 fully saturated rings. The van der Waals surface area contributed by atoms with Gasteiger partial charge in [0.25, 0.3) is 5.91 Å². The van der Waals surface area contributed by atoms with E-state index in [1.54, 1.807) is 11.3 Å². The van der Waals surface area contributed by atoms with E-state index in [0.29, 0.717) is 0 Å². The molecule has 1 aliphatic heterocycles. The molecule has 3 heterocycles. The van der Waals surface area contributed by atoms with Crippen LogP contribution in [0, 0.1) is 0 Å². The van der Waals surface area contributed by atoms with Gasteiger partial charge in [-0.3, -0.25) is 9.48 Å². The minimum Gasteiger partial charge on any atom is -0.337 e. The molecular formula is C15H19N3OS. The molecule has 4 nitrogen and oxygen atoms in total. The Morgan fingerprint density at radius 1 is 1.35 bits per heavy atom. The SMILES string of the molecule is CCn1nc(-c2ccsc2)cc1C(=O)N1CCCCC1. The molecule has 0 atom stereocenters. The molecule has 0 aliphatic carbocycles. The van der Waals surface area contributed by atoms with Crippen molar-refractivity contribution in [3.05, 3.63) is 28.6 Å². The summed E-state index contributed by atoms with van der Waals surface area (Å²) in [6.45, 7) is 4.50. The molecule has 1 saturated heterocycles. The van der Waals surface area contributed by atoms with Crippen LogP contribution in [0.25, 0.3) is 11.3 Å².